The smallest absolute Gasteiger partial charge is 0.187 e. The number of aliphatic hydroxyl groups is 13. The van der Waals surface area contributed by atoms with Gasteiger partial charge in [-0.1, -0.05) is 0 Å². The second kappa shape index (κ2) is 13.2. The molecule has 35 heavy (non-hydrogen) atoms. The maximum absolute atomic E-state index is 9.94. The molecule has 1 unspecified atom stereocenters. The summed E-state index contributed by atoms with van der Waals surface area (Å²) in [7, 11) is 0. The van der Waals surface area contributed by atoms with Gasteiger partial charge in [-0.25, -0.2) is 0 Å². The molecule has 17 nitrogen and oxygen atoms in total. The van der Waals surface area contributed by atoms with Crippen LogP contribution in [0.15, 0.2) is 0 Å². The molecule has 17 heteroatoms. The molecule has 0 aliphatic carbocycles. The summed E-state index contributed by atoms with van der Waals surface area (Å²) in [5, 5.41) is 121. The Labute approximate surface area is 198 Å². The molecule has 0 aromatic carbocycles. The van der Waals surface area contributed by atoms with Crippen LogP contribution in [0.5, 0.6) is 0 Å². The molecule has 13 N–H and O–H groups in total. The van der Waals surface area contributed by atoms with Gasteiger partial charge in [0.2, 0.25) is 0 Å². The van der Waals surface area contributed by atoms with Crippen molar-refractivity contribution in [2.24, 2.45) is 0 Å². The predicted octanol–water partition coefficient (Wildman–Crippen LogP) is -8.62. The Bertz CT molecular complexity index is 619. The maximum Gasteiger partial charge on any atom is 0.187 e. The first kappa shape index (κ1) is 30.5. The van der Waals surface area contributed by atoms with E-state index in [1.54, 1.807) is 0 Å². The van der Waals surface area contributed by atoms with Crippen molar-refractivity contribution >= 4 is 0 Å². The van der Waals surface area contributed by atoms with E-state index in [1.807, 2.05) is 0 Å². The van der Waals surface area contributed by atoms with Crippen LogP contribution in [0.1, 0.15) is 0 Å². The minimum atomic E-state index is -1.74. The van der Waals surface area contributed by atoms with Gasteiger partial charge in [-0.15, -0.1) is 0 Å². The standard InChI is InChI=1S/C12H22O11.C6H12O6/c13-1-3-5(15)6(16)9(19)12(22-3)23-10-4(2-14)21-11(20)8(18)7(10)17;7-1-2-3(8)4(9)5(10)6(11)12-2/h3-20H,1-2H2;2-11H,1H2/t3-,4-,5-,6+,7-,8-,9-,10-,11-,12-;2-,3-,4+,5+,6?/m11/s1. The summed E-state index contributed by atoms with van der Waals surface area (Å²) in [6.07, 6.45) is -22.6. The summed E-state index contributed by atoms with van der Waals surface area (Å²) in [5.74, 6) is 0. The highest BCUT2D eigenvalue weighted by Gasteiger charge is 2.50. The van der Waals surface area contributed by atoms with E-state index in [4.69, 9.17) is 44.8 Å². The molecule has 0 aromatic rings. The van der Waals surface area contributed by atoms with Gasteiger partial charge in [0.1, 0.15) is 73.2 Å². The lowest BCUT2D eigenvalue weighted by atomic mass is 9.97. The number of aliphatic hydroxyl groups excluding tert-OH is 13. The van der Waals surface area contributed by atoms with E-state index in [0.29, 0.717) is 0 Å². The second-order valence-corrected chi connectivity index (χ2v) is 8.25. The zero-order valence-corrected chi connectivity index (χ0v) is 18.2. The van der Waals surface area contributed by atoms with Gasteiger partial charge in [0.25, 0.3) is 0 Å². The molecule has 3 aliphatic rings. The fourth-order valence-corrected chi connectivity index (χ4v) is 3.65. The Morgan fingerprint density at radius 2 is 0.829 bits per heavy atom. The van der Waals surface area contributed by atoms with Gasteiger partial charge in [-0.05, 0) is 0 Å². The fraction of sp³-hybridized carbons (Fsp3) is 1.00. The molecule has 3 aliphatic heterocycles. The predicted molar refractivity (Wildman–Crippen MR) is 105 cm³/mol. The Hall–Kier alpha value is -0.680. The Balaban J connectivity index is 0.000000303. The Kier molecular flexibility index (Phi) is 11.5. The SMILES string of the molecule is OC[C@H]1OC(O)[C@@H](O)[C@@H](O)[C@@H]1O.OC[C@H]1O[C@H](O[C@H]2[C@H](O)[C@@H](O)[C@H](O)O[C@@H]2CO)[C@H](O)[C@@H](O)[C@@H]1O. The van der Waals surface area contributed by atoms with Crippen LogP contribution in [0.25, 0.3) is 0 Å². The summed E-state index contributed by atoms with van der Waals surface area (Å²) in [5.41, 5.74) is 0. The van der Waals surface area contributed by atoms with Crippen LogP contribution < -0.4 is 0 Å². The molecule has 3 heterocycles. The average Bonchev–Trinajstić information content (AvgIpc) is 2.85. The lowest BCUT2D eigenvalue weighted by molar-refractivity contribution is -0.355. The first-order valence-corrected chi connectivity index (χ1v) is 10.6. The van der Waals surface area contributed by atoms with E-state index in [1.165, 1.54) is 0 Å². The second-order valence-electron chi connectivity index (χ2n) is 8.25. The van der Waals surface area contributed by atoms with Crippen LogP contribution in [0.2, 0.25) is 0 Å². The highest BCUT2D eigenvalue weighted by molar-refractivity contribution is 4.93. The van der Waals surface area contributed by atoms with E-state index in [-0.39, 0.29) is 0 Å². The third-order valence-electron chi connectivity index (χ3n) is 5.85. The number of hydrogen-bond donors (Lipinski definition) is 13. The van der Waals surface area contributed by atoms with Gasteiger partial charge in [0.15, 0.2) is 18.9 Å². The van der Waals surface area contributed by atoms with Crippen molar-refractivity contribution in [3.05, 3.63) is 0 Å². The molecule has 208 valence electrons. The average molecular weight is 522 g/mol. The molecule has 3 saturated heterocycles. The van der Waals surface area contributed by atoms with Gasteiger partial charge in [0.05, 0.1) is 19.8 Å². The van der Waals surface area contributed by atoms with Crippen molar-refractivity contribution in [3.63, 3.8) is 0 Å². The third-order valence-corrected chi connectivity index (χ3v) is 5.85. The normalized spacial score (nSPS) is 50.8. The highest BCUT2D eigenvalue weighted by Crippen LogP contribution is 2.28. The van der Waals surface area contributed by atoms with E-state index >= 15 is 0 Å². The molecule has 3 fully saturated rings. The Morgan fingerprint density at radius 1 is 0.429 bits per heavy atom. The van der Waals surface area contributed by atoms with E-state index in [9.17, 15) is 35.7 Å². The minimum absolute atomic E-state index is 0.526. The number of ether oxygens (including phenoxy) is 4. The van der Waals surface area contributed by atoms with Crippen molar-refractivity contribution in [2.75, 3.05) is 19.8 Å². The van der Waals surface area contributed by atoms with E-state index in [2.05, 4.69) is 4.74 Å². The molecule has 0 aromatic heterocycles. The molecule has 0 amide bonds. The van der Waals surface area contributed by atoms with Crippen molar-refractivity contribution in [1.29, 1.82) is 0 Å². The van der Waals surface area contributed by atoms with E-state index in [0.717, 1.165) is 0 Å². The first-order chi connectivity index (χ1) is 16.4. The quantitative estimate of drug-likeness (QED) is 0.159. The molecule has 0 bridgehead atoms. The zero-order valence-electron chi connectivity index (χ0n) is 18.2. The van der Waals surface area contributed by atoms with Crippen LogP contribution in [-0.2, 0) is 18.9 Å². The molecule has 0 spiro atoms. The van der Waals surface area contributed by atoms with Gasteiger partial charge in [-0.3, -0.25) is 0 Å². The van der Waals surface area contributed by atoms with Crippen LogP contribution in [0.3, 0.4) is 0 Å². The van der Waals surface area contributed by atoms with Gasteiger partial charge < -0.3 is 85.3 Å². The van der Waals surface area contributed by atoms with Crippen molar-refractivity contribution in [3.8, 4) is 0 Å². The van der Waals surface area contributed by atoms with Gasteiger partial charge in [0, 0.05) is 0 Å². The van der Waals surface area contributed by atoms with Crippen LogP contribution in [0, 0.1) is 0 Å². The molecule has 0 saturated carbocycles. The topological polar surface area (TPSA) is 300 Å². The molecule has 0 radical (unpaired) electrons. The fourth-order valence-electron chi connectivity index (χ4n) is 3.65. The minimum Gasteiger partial charge on any atom is -0.394 e. The third kappa shape index (κ3) is 6.80. The number of rotatable bonds is 5. The van der Waals surface area contributed by atoms with E-state index < -0.39 is 112 Å². The summed E-state index contributed by atoms with van der Waals surface area (Å²) in [6.45, 7) is -1.87. The highest BCUT2D eigenvalue weighted by atomic mass is 16.7. The lowest BCUT2D eigenvalue weighted by Gasteiger charge is -2.45. The molecular formula is C18H34O17. The maximum atomic E-state index is 9.94. The van der Waals surface area contributed by atoms with Crippen LogP contribution in [0.4, 0.5) is 0 Å². The lowest BCUT2D eigenvalue weighted by Crippen LogP contribution is -2.64. The monoisotopic (exact) mass is 522 g/mol. The molecule has 3 rings (SSSR count). The Morgan fingerprint density at radius 3 is 1.31 bits per heavy atom. The van der Waals surface area contributed by atoms with Crippen LogP contribution >= 0.6 is 0 Å². The van der Waals surface area contributed by atoms with Gasteiger partial charge in [-0.2, -0.15) is 0 Å². The number of hydrogen-bond acceptors (Lipinski definition) is 17. The van der Waals surface area contributed by atoms with Crippen molar-refractivity contribution in [2.45, 2.75) is 92.1 Å². The molecule has 15 atom stereocenters. The van der Waals surface area contributed by atoms with Gasteiger partial charge >= 0.3 is 0 Å². The largest absolute Gasteiger partial charge is 0.394 e. The summed E-state index contributed by atoms with van der Waals surface area (Å²) < 4.78 is 19.8. The first-order valence-electron chi connectivity index (χ1n) is 10.6. The zero-order chi connectivity index (χ0) is 26.6. The van der Waals surface area contributed by atoms with Crippen molar-refractivity contribution < 1.29 is 85.3 Å². The summed E-state index contributed by atoms with van der Waals surface area (Å²) in [4.78, 5) is 0. The van der Waals surface area contributed by atoms with Crippen molar-refractivity contribution in [1.82, 2.24) is 0 Å². The summed E-state index contributed by atoms with van der Waals surface area (Å²) in [6, 6.07) is 0. The van der Waals surface area contributed by atoms with Crippen LogP contribution in [-0.4, -0.2) is 178 Å². The molecular weight excluding hydrogens is 488 g/mol. The summed E-state index contributed by atoms with van der Waals surface area (Å²) >= 11 is 0.